The van der Waals surface area contributed by atoms with Crippen molar-refractivity contribution in [3.8, 4) is 0 Å². The number of rotatable bonds is 5. The van der Waals surface area contributed by atoms with Crippen molar-refractivity contribution in [2.45, 2.75) is 45.8 Å². The lowest BCUT2D eigenvalue weighted by molar-refractivity contribution is -0.206. The molecule has 0 saturated heterocycles. The highest BCUT2D eigenvalue weighted by atomic mass is 16.6. The largest absolute Gasteiger partial charge is 0.365 e. The molecule has 0 radical (unpaired) electrons. The molecule has 0 amide bonds. The molecule has 1 N–H and O–H groups in total. The quantitative estimate of drug-likeness (QED) is 0.600. The van der Waals surface area contributed by atoms with Crippen molar-refractivity contribution in [1.82, 2.24) is 0 Å². The summed E-state index contributed by atoms with van der Waals surface area (Å²) in [5.41, 5.74) is 0. The van der Waals surface area contributed by atoms with Gasteiger partial charge in [0, 0.05) is 6.61 Å². The zero-order valence-corrected chi connectivity index (χ0v) is 7.18. The van der Waals surface area contributed by atoms with Gasteiger partial charge in [-0.25, -0.2) is 0 Å². The maximum absolute atomic E-state index is 9.54. The van der Waals surface area contributed by atoms with Crippen LogP contribution in [0.25, 0.3) is 0 Å². The third-order valence-corrected chi connectivity index (χ3v) is 1.68. The Balaban J connectivity index is 3.58. The van der Waals surface area contributed by atoms with E-state index in [1.165, 1.54) is 0 Å². The maximum atomic E-state index is 9.54. The van der Waals surface area contributed by atoms with Crippen LogP contribution in [-0.4, -0.2) is 17.5 Å². The van der Waals surface area contributed by atoms with E-state index in [9.17, 15) is 5.11 Å². The first-order chi connectivity index (χ1) is 4.68. The Morgan fingerprint density at radius 2 is 1.70 bits per heavy atom. The molecular weight excluding hydrogens is 128 g/mol. The summed E-state index contributed by atoms with van der Waals surface area (Å²) >= 11 is 0. The molecule has 0 aliphatic rings. The van der Waals surface area contributed by atoms with E-state index >= 15 is 0 Å². The Bertz CT molecular complexity index is 77.3. The Labute approximate surface area is 63.2 Å². The summed E-state index contributed by atoms with van der Waals surface area (Å²) in [6.45, 7) is 6.54. The fourth-order valence-electron chi connectivity index (χ4n) is 0.746. The van der Waals surface area contributed by atoms with Crippen LogP contribution in [0.3, 0.4) is 0 Å². The molecule has 0 aliphatic carbocycles. The first-order valence-electron chi connectivity index (χ1n) is 4.04. The summed E-state index contributed by atoms with van der Waals surface area (Å²) < 4.78 is 5.23. The first-order valence-corrected chi connectivity index (χ1v) is 4.04. The number of ether oxygens (including phenoxy) is 1. The molecule has 2 heteroatoms. The van der Waals surface area contributed by atoms with Crippen molar-refractivity contribution in [3.63, 3.8) is 0 Å². The van der Waals surface area contributed by atoms with Crippen molar-refractivity contribution in [3.05, 3.63) is 0 Å². The van der Waals surface area contributed by atoms with Gasteiger partial charge in [0.15, 0.2) is 5.79 Å². The third-order valence-electron chi connectivity index (χ3n) is 1.68. The molecule has 0 aliphatic heterocycles. The van der Waals surface area contributed by atoms with Crippen LogP contribution in [0.5, 0.6) is 0 Å². The Morgan fingerprint density at radius 1 is 1.20 bits per heavy atom. The van der Waals surface area contributed by atoms with Crippen LogP contribution in [0.1, 0.15) is 40.0 Å². The van der Waals surface area contributed by atoms with Gasteiger partial charge in [0.05, 0.1) is 0 Å². The standard InChI is InChI=1S/C8H18O2/c1-4-7-10-8(9,5-2)6-3/h9H,4-7H2,1-3H3. The molecule has 0 aromatic rings. The molecule has 2 nitrogen and oxygen atoms in total. The summed E-state index contributed by atoms with van der Waals surface area (Å²) in [6, 6.07) is 0. The number of aliphatic hydroxyl groups is 1. The van der Waals surface area contributed by atoms with E-state index in [-0.39, 0.29) is 0 Å². The lowest BCUT2D eigenvalue weighted by atomic mass is 10.1. The average molecular weight is 146 g/mol. The molecule has 0 aromatic heterocycles. The predicted molar refractivity (Wildman–Crippen MR) is 41.8 cm³/mol. The lowest BCUT2D eigenvalue weighted by Gasteiger charge is -2.24. The topological polar surface area (TPSA) is 29.5 Å². The van der Waals surface area contributed by atoms with Crippen LogP contribution in [0.15, 0.2) is 0 Å². The fraction of sp³-hybridized carbons (Fsp3) is 1.00. The van der Waals surface area contributed by atoms with Crippen molar-refractivity contribution in [2.75, 3.05) is 6.61 Å². The first kappa shape index (κ1) is 9.92. The highest BCUT2D eigenvalue weighted by molar-refractivity contribution is 4.60. The van der Waals surface area contributed by atoms with Gasteiger partial charge in [-0.15, -0.1) is 0 Å². The maximum Gasteiger partial charge on any atom is 0.164 e. The van der Waals surface area contributed by atoms with Gasteiger partial charge in [0.2, 0.25) is 0 Å². The second kappa shape index (κ2) is 4.69. The van der Waals surface area contributed by atoms with E-state index in [0.717, 1.165) is 6.42 Å². The predicted octanol–water partition coefficient (Wildman–Crippen LogP) is 1.92. The third kappa shape index (κ3) is 3.18. The monoisotopic (exact) mass is 146 g/mol. The van der Waals surface area contributed by atoms with E-state index in [4.69, 9.17) is 4.74 Å². The lowest BCUT2D eigenvalue weighted by Crippen LogP contribution is -2.30. The van der Waals surface area contributed by atoms with Crippen LogP contribution in [-0.2, 0) is 4.74 Å². The molecule has 0 rings (SSSR count). The van der Waals surface area contributed by atoms with Crippen LogP contribution >= 0.6 is 0 Å². The van der Waals surface area contributed by atoms with E-state index in [1.807, 2.05) is 20.8 Å². The summed E-state index contributed by atoms with van der Waals surface area (Å²) in [6.07, 6.45) is 2.30. The molecule has 0 aromatic carbocycles. The van der Waals surface area contributed by atoms with E-state index in [0.29, 0.717) is 19.4 Å². The van der Waals surface area contributed by atoms with Crippen molar-refractivity contribution < 1.29 is 9.84 Å². The van der Waals surface area contributed by atoms with E-state index in [2.05, 4.69) is 0 Å². The zero-order valence-electron chi connectivity index (χ0n) is 7.18. The van der Waals surface area contributed by atoms with Gasteiger partial charge in [-0.3, -0.25) is 0 Å². The normalized spacial score (nSPS) is 12.0. The molecule has 0 spiro atoms. The summed E-state index contributed by atoms with van der Waals surface area (Å²) in [5, 5.41) is 9.54. The van der Waals surface area contributed by atoms with Crippen LogP contribution in [0, 0.1) is 0 Å². The molecule has 0 saturated carbocycles. The van der Waals surface area contributed by atoms with Gasteiger partial charge in [-0.1, -0.05) is 20.8 Å². The molecule has 0 unspecified atom stereocenters. The zero-order chi connectivity index (χ0) is 8.04. The Morgan fingerprint density at radius 3 is 2.00 bits per heavy atom. The average Bonchev–Trinajstić information content (AvgIpc) is 2.00. The Hall–Kier alpha value is -0.0800. The van der Waals surface area contributed by atoms with Gasteiger partial charge in [-0.05, 0) is 19.3 Å². The van der Waals surface area contributed by atoms with Crippen molar-refractivity contribution in [1.29, 1.82) is 0 Å². The second-order valence-corrected chi connectivity index (χ2v) is 2.50. The van der Waals surface area contributed by atoms with Gasteiger partial charge in [0.25, 0.3) is 0 Å². The highest BCUT2D eigenvalue weighted by Crippen LogP contribution is 2.15. The molecule has 62 valence electrons. The molecule has 10 heavy (non-hydrogen) atoms. The summed E-state index contributed by atoms with van der Waals surface area (Å²) in [4.78, 5) is 0. The van der Waals surface area contributed by atoms with Crippen molar-refractivity contribution in [2.24, 2.45) is 0 Å². The van der Waals surface area contributed by atoms with Gasteiger partial charge in [-0.2, -0.15) is 0 Å². The Kier molecular flexibility index (Phi) is 4.65. The minimum Gasteiger partial charge on any atom is -0.365 e. The fourth-order valence-corrected chi connectivity index (χ4v) is 0.746. The SMILES string of the molecule is CCCOC(O)(CC)CC. The van der Waals surface area contributed by atoms with Gasteiger partial charge in [0.1, 0.15) is 0 Å². The van der Waals surface area contributed by atoms with Gasteiger partial charge >= 0.3 is 0 Å². The number of hydrogen-bond donors (Lipinski definition) is 1. The molecule has 0 atom stereocenters. The molecule has 0 bridgehead atoms. The smallest absolute Gasteiger partial charge is 0.164 e. The molecule has 0 fully saturated rings. The van der Waals surface area contributed by atoms with Crippen LogP contribution in [0.4, 0.5) is 0 Å². The minimum atomic E-state index is -0.865. The summed E-state index contributed by atoms with van der Waals surface area (Å²) in [7, 11) is 0. The van der Waals surface area contributed by atoms with Crippen LogP contribution < -0.4 is 0 Å². The minimum absolute atomic E-state index is 0.651. The van der Waals surface area contributed by atoms with Crippen LogP contribution in [0.2, 0.25) is 0 Å². The highest BCUT2D eigenvalue weighted by Gasteiger charge is 2.21. The second-order valence-electron chi connectivity index (χ2n) is 2.50. The van der Waals surface area contributed by atoms with Gasteiger partial charge < -0.3 is 9.84 Å². The summed E-state index contributed by atoms with van der Waals surface area (Å²) in [5.74, 6) is -0.865. The van der Waals surface area contributed by atoms with Crippen molar-refractivity contribution >= 4 is 0 Å². The molecular formula is C8H18O2. The van der Waals surface area contributed by atoms with E-state index < -0.39 is 5.79 Å². The number of hydrogen-bond acceptors (Lipinski definition) is 2. The van der Waals surface area contributed by atoms with E-state index in [1.54, 1.807) is 0 Å². The molecule has 0 heterocycles.